The van der Waals surface area contributed by atoms with Crippen molar-refractivity contribution in [3.63, 3.8) is 0 Å². The number of aryl methyl sites for hydroxylation is 1. The Morgan fingerprint density at radius 3 is 2.68 bits per heavy atom. The molecule has 0 atom stereocenters. The number of guanidine groups is 1. The first-order chi connectivity index (χ1) is 12.1. The molecule has 1 aromatic heterocycles. The molecule has 2 aromatic rings. The van der Waals surface area contributed by atoms with E-state index in [-0.39, 0.29) is 0 Å². The molecular formula is C19H26N4O2. The number of hydrogen-bond donors (Lipinski definition) is 3. The molecule has 6 heteroatoms. The average Bonchev–Trinajstić information content (AvgIpc) is 3.05. The van der Waals surface area contributed by atoms with E-state index in [2.05, 4.69) is 27.5 Å². The van der Waals surface area contributed by atoms with Gasteiger partial charge in [-0.2, -0.15) is 0 Å². The molecule has 25 heavy (non-hydrogen) atoms. The highest BCUT2D eigenvalue weighted by atomic mass is 16.3. The van der Waals surface area contributed by atoms with Gasteiger partial charge in [0.15, 0.2) is 5.96 Å². The van der Waals surface area contributed by atoms with Crippen molar-refractivity contribution < 1.29 is 9.52 Å². The summed E-state index contributed by atoms with van der Waals surface area (Å²) in [5, 5.41) is 16.6. The molecule has 0 bridgehead atoms. The minimum Gasteiger partial charge on any atom is -0.444 e. The number of oxazole rings is 1. The fourth-order valence-corrected chi connectivity index (χ4v) is 2.72. The van der Waals surface area contributed by atoms with Gasteiger partial charge in [-0.1, -0.05) is 17.7 Å². The third kappa shape index (κ3) is 4.60. The van der Waals surface area contributed by atoms with Gasteiger partial charge in [0.05, 0.1) is 12.1 Å². The van der Waals surface area contributed by atoms with E-state index in [1.54, 1.807) is 6.26 Å². The maximum atomic E-state index is 10.2. The van der Waals surface area contributed by atoms with Crippen LogP contribution in [-0.4, -0.2) is 34.7 Å². The highest BCUT2D eigenvalue weighted by Crippen LogP contribution is 2.30. The summed E-state index contributed by atoms with van der Waals surface area (Å²) in [5.41, 5.74) is 2.35. The third-order valence-electron chi connectivity index (χ3n) is 4.46. The Balaban J connectivity index is 1.61. The van der Waals surface area contributed by atoms with Gasteiger partial charge >= 0.3 is 0 Å². The quantitative estimate of drug-likeness (QED) is 0.555. The van der Waals surface area contributed by atoms with Gasteiger partial charge < -0.3 is 20.2 Å². The molecule has 1 fully saturated rings. The van der Waals surface area contributed by atoms with Gasteiger partial charge in [0.1, 0.15) is 12.0 Å². The first-order valence-corrected chi connectivity index (χ1v) is 8.84. The van der Waals surface area contributed by atoms with Crippen LogP contribution < -0.4 is 10.6 Å². The maximum absolute atomic E-state index is 10.2. The van der Waals surface area contributed by atoms with Crippen molar-refractivity contribution >= 4 is 5.96 Å². The van der Waals surface area contributed by atoms with Gasteiger partial charge in [0, 0.05) is 18.7 Å². The van der Waals surface area contributed by atoms with Crippen molar-refractivity contribution in [3.8, 4) is 11.5 Å². The molecule has 3 N–H and O–H groups in total. The standard InChI is InChI=1S/C19H26N4O2/c1-3-20-18(22-13-19(24)9-4-10-19)21-11-16-12-25-17(23-16)15-7-5-14(2)6-8-15/h5-8,12,24H,3-4,9-11,13H2,1-2H3,(H2,20,21,22). The number of hydrogen-bond acceptors (Lipinski definition) is 4. The smallest absolute Gasteiger partial charge is 0.226 e. The molecule has 1 aliphatic carbocycles. The van der Waals surface area contributed by atoms with Crippen LogP contribution in [0.25, 0.3) is 11.5 Å². The Bertz CT molecular complexity index is 717. The number of aliphatic hydroxyl groups is 1. The zero-order valence-corrected chi connectivity index (χ0v) is 14.9. The molecule has 134 valence electrons. The second kappa shape index (κ2) is 7.70. The molecule has 0 spiro atoms. The topological polar surface area (TPSA) is 82.7 Å². The summed E-state index contributed by atoms with van der Waals surface area (Å²) in [6.45, 7) is 5.77. The van der Waals surface area contributed by atoms with Crippen LogP contribution in [0.2, 0.25) is 0 Å². The molecule has 0 radical (unpaired) electrons. The van der Waals surface area contributed by atoms with Gasteiger partial charge in [0.25, 0.3) is 0 Å². The van der Waals surface area contributed by atoms with Gasteiger partial charge in [0.2, 0.25) is 5.89 Å². The van der Waals surface area contributed by atoms with E-state index in [0.29, 0.717) is 24.9 Å². The van der Waals surface area contributed by atoms with Crippen LogP contribution in [-0.2, 0) is 6.54 Å². The molecule has 1 aliphatic rings. The fourth-order valence-electron chi connectivity index (χ4n) is 2.72. The molecule has 0 aliphatic heterocycles. The molecule has 0 unspecified atom stereocenters. The fraction of sp³-hybridized carbons (Fsp3) is 0.474. The van der Waals surface area contributed by atoms with Crippen molar-refractivity contribution in [2.24, 2.45) is 4.99 Å². The van der Waals surface area contributed by atoms with Crippen molar-refractivity contribution in [1.29, 1.82) is 0 Å². The van der Waals surface area contributed by atoms with Gasteiger partial charge in [-0.3, -0.25) is 0 Å². The number of nitrogens with zero attached hydrogens (tertiary/aromatic N) is 2. The molecule has 0 amide bonds. The zero-order valence-electron chi connectivity index (χ0n) is 14.9. The van der Waals surface area contributed by atoms with E-state index in [0.717, 1.165) is 37.1 Å². The number of benzene rings is 1. The summed E-state index contributed by atoms with van der Waals surface area (Å²) < 4.78 is 5.56. The second-order valence-corrected chi connectivity index (χ2v) is 6.64. The lowest BCUT2D eigenvalue weighted by Crippen LogP contribution is -2.50. The first-order valence-electron chi connectivity index (χ1n) is 8.84. The van der Waals surface area contributed by atoms with Gasteiger partial charge in [-0.25, -0.2) is 9.98 Å². The second-order valence-electron chi connectivity index (χ2n) is 6.64. The lowest BCUT2D eigenvalue weighted by atomic mass is 9.80. The largest absolute Gasteiger partial charge is 0.444 e. The Labute approximate surface area is 148 Å². The maximum Gasteiger partial charge on any atom is 0.226 e. The van der Waals surface area contributed by atoms with Gasteiger partial charge in [-0.15, -0.1) is 0 Å². The molecule has 1 aromatic carbocycles. The SMILES string of the molecule is CCNC(=NCc1coc(-c2ccc(C)cc2)n1)NCC1(O)CCC1. The summed E-state index contributed by atoms with van der Waals surface area (Å²) in [5.74, 6) is 1.29. The lowest BCUT2D eigenvalue weighted by molar-refractivity contribution is -0.0279. The van der Waals surface area contributed by atoms with E-state index < -0.39 is 5.60 Å². The lowest BCUT2D eigenvalue weighted by Gasteiger charge is -2.36. The van der Waals surface area contributed by atoms with E-state index >= 15 is 0 Å². The molecular weight excluding hydrogens is 316 g/mol. The first kappa shape index (κ1) is 17.5. The highest BCUT2D eigenvalue weighted by molar-refractivity contribution is 5.79. The van der Waals surface area contributed by atoms with E-state index in [1.165, 1.54) is 5.56 Å². The predicted octanol–water partition coefficient (Wildman–Crippen LogP) is 2.62. The van der Waals surface area contributed by atoms with Crippen LogP contribution in [0.4, 0.5) is 0 Å². The highest BCUT2D eigenvalue weighted by Gasteiger charge is 2.34. The molecule has 3 rings (SSSR count). The molecule has 1 heterocycles. The van der Waals surface area contributed by atoms with Crippen LogP contribution in [0.15, 0.2) is 39.9 Å². The predicted molar refractivity (Wildman–Crippen MR) is 98.3 cm³/mol. The van der Waals surface area contributed by atoms with Crippen molar-refractivity contribution in [2.45, 2.75) is 45.3 Å². The van der Waals surface area contributed by atoms with Crippen LogP contribution in [0.5, 0.6) is 0 Å². The summed E-state index contributed by atoms with van der Waals surface area (Å²) in [6.07, 6.45) is 4.43. The van der Waals surface area contributed by atoms with Crippen LogP contribution in [0.3, 0.4) is 0 Å². The molecule has 0 saturated heterocycles. The Hall–Kier alpha value is -2.34. The summed E-state index contributed by atoms with van der Waals surface area (Å²) in [7, 11) is 0. The van der Waals surface area contributed by atoms with Crippen LogP contribution in [0, 0.1) is 6.92 Å². The number of rotatable bonds is 6. The Morgan fingerprint density at radius 1 is 1.28 bits per heavy atom. The van der Waals surface area contributed by atoms with E-state index in [9.17, 15) is 5.11 Å². The summed E-state index contributed by atoms with van der Waals surface area (Å²) >= 11 is 0. The van der Waals surface area contributed by atoms with E-state index in [1.807, 2.05) is 31.2 Å². The Kier molecular flexibility index (Phi) is 5.38. The van der Waals surface area contributed by atoms with Gasteiger partial charge in [-0.05, 0) is 45.2 Å². The van der Waals surface area contributed by atoms with Crippen molar-refractivity contribution in [2.75, 3.05) is 13.1 Å². The van der Waals surface area contributed by atoms with Crippen LogP contribution in [0.1, 0.15) is 37.4 Å². The minimum atomic E-state index is -0.581. The van der Waals surface area contributed by atoms with E-state index in [4.69, 9.17) is 4.42 Å². The molecule has 6 nitrogen and oxygen atoms in total. The third-order valence-corrected chi connectivity index (χ3v) is 4.46. The number of aromatic nitrogens is 1. The Morgan fingerprint density at radius 2 is 2.04 bits per heavy atom. The zero-order chi connectivity index (χ0) is 17.7. The number of nitrogens with one attached hydrogen (secondary N) is 2. The average molecular weight is 342 g/mol. The minimum absolute atomic E-state index is 0.420. The summed E-state index contributed by atoms with van der Waals surface area (Å²) in [6, 6.07) is 8.07. The van der Waals surface area contributed by atoms with Crippen molar-refractivity contribution in [1.82, 2.24) is 15.6 Å². The molecule has 1 saturated carbocycles. The van der Waals surface area contributed by atoms with Crippen LogP contribution >= 0.6 is 0 Å². The summed E-state index contributed by atoms with van der Waals surface area (Å²) in [4.78, 5) is 9.03. The number of aliphatic imine (C=N–C) groups is 1. The monoisotopic (exact) mass is 342 g/mol. The normalized spacial score (nSPS) is 16.4. The van der Waals surface area contributed by atoms with Crippen molar-refractivity contribution in [3.05, 3.63) is 41.8 Å².